The molecule has 0 bridgehead atoms. The standard InChI is InChI=1S/C25H28N2O4/c1-17-15-22(31-4)13-14-23(17)26-16-24(28)27-25(18-5-9-20(29-2)10-6-18)19-7-11-21(30-3)12-8-19/h5-15,25-26H,16H2,1-4H3,(H,27,28). The maximum atomic E-state index is 12.8. The van der Waals surface area contributed by atoms with Gasteiger partial charge in [0, 0.05) is 5.69 Å². The zero-order valence-corrected chi connectivity index (χ0v) is 18.3. The lowest BCUT2D eigenvalue weighted by Gasteiger charge is -2.21. The Kier molecular flexibility index (Phi) is 7.38. The van der Waals surface area contributed by atoms with E-state index in [1.165, 1.54) is 0 Å². The van der Waals surface area contributed by atoms with Crippen LogP contribution in [0, 0.1) is 6.92 Å². The van der Waals surface area contributed by atoms with Gasteiger partial charge in [0.25, 0.3) is 0 Å². The number of carbonyl (C=O) groups is 1. The van der Waals surface area contributed by atoms with Gasteiger partial charge in [-0.25, -0.2) is 0 Å². The summed E-state index contributed by atoms with van der Waals surface area (Å²) in [5.41, 5.74) is 3.82. The van der Waals surface area contributed by atoms with Crippen LogP contribution in [0.25, 0.3) is 0 Å². The Labute approximate surface area is 183 Å². The minimum Gasteiger partial charge on any atom is -0.497 e. The first-order chi connectivity index (χ1) is 15.0. The molecule has 0 aromatic heterocycles. The quantitative estimate of drug-likeness (QED) is 0.539. The van der Waals surface area contributed by atoms with Crippen LogP contribution in [0.1, 0.15) is 22.7 Å². The molecule has 0 aliphatic rings. The Morgan fingerprint density at radius 3 is 1.71 bits per heavy atom. The number of anilines is 1. The first kappa shape index (κ1) is 22.0. The van der Waals surface area contributed by atoms with E-state index in [1.54, 1.807) is 21.3 Å². The highest BCUT2D eigenvalue weighted by Gasteiger charge is 2.17. The molecule has 0 saturated carbocycles. The van der Waals surface area contributed by atoms with Crippen molar-refractivity contribution in [3.8, 4) is 17.2 Å². The molecule has 3 aromatic rings. The summed E-state index contributed by atoms with van der Waals surface area (Å²) >= 11 is 0. The van der Waals surface area contributed by atoms with Gasteiger partial charge in [0.2, 0.25) is 5.91 Å². The molecule has 6 heteroatoms. The molecule has 3 aromatic carbocycles. The summed E-state index contributed by atoms with van der Waals surface area (Å²) in [5, 5.41) is 6.33. The van der Waals surface area contributed by atoms with Crippen molar-refractivity contribution in [3.05, 3.63) is 83.4 Å². The number of carbonyl (C=O) groups excluding carboxylic acids is 1. The van der Waals surface area contributed by atoms with Crippen molar-refractivity contribution < 1.29 is 19.0 Å². The third kappa shape index (κ3) is 5.69. The smallest absolute Gasteiger partial charge is 0.240 e. The van der Waals surface area contributed by atoms with Gasteiger partial charge in [-0.1, -0.05) is 24.3 Å². The van der Waals surface area contributed by atoms with Gasteiger partial charge in [0.05, 0.1) is 33.9 Å². The number of hydrogen-bond acceptors (Lipinski definition) is 5. The molecule has 0 radical (unpaired) electrons. The molecule has 0 unspecified atom stereocenters. The summed E-state index contributed by atoms with van der Waals surface area (Å²) in [6.07, 6.45) is 0. The van der Waals surface area contributed by atoms with E-state index in [1.807, 2.05) is 73.7 Å². The molecule has 2 N–H and O–H groups in total. The number of amides is 1. The number of aryl methyl sites for hydroxylation is 1. The van der Waals surface area contributed by atoms with Crippen molar-refractivity contribution in [1.29, 1.82) is 0 Å². The summed E-state index contributed by atoms with van der Waals surface area (Å²) in [5.74, 6) is 2.19. The van der Waals surface area contributed by atoms with Crippen molar-refractivity contribution >= 4 is 11.6 Å². The largest absolute Gasteiger partial charge is 0.497 e. The minimum absolute atomic E-state index is 0.119. The highest BCUT2D eigenvalue weighted by atomic mass is 16.5. The third-order valence-electron chi connectivity index (χ3n) is 5.08. The molecule has 0 aliphatic heterocycles. The Bertz CT molecular complexity index is 954. The maximum absolute atomic E-state index is 12.8. The molecular weight excluding hydrogens is 392 g/mol. The molecule has 1 amide bonds. The summed E-state index contributed by atoms with van der Waals surface area (Å²) in [7, 11) is 4.89. The molecule has 6 nitrogen and oxygen atoms in total. The van der Waals surface area contributed by atoms with Crippen LogP contribution in [0.3, 0.4) is 0 Å². The number of benzene rings is 3. The predicted molar refractivity (Wildman–Crippen MR) is 122 cm³/mol. The molecule has 3 rings (SSSR count). The highest BCUT2D eigenvalue weighted by Crippen LogP contribution is 2.26. The van der Waals surface area contributed by atoms with Crippen LogP contribution >= 0.6 is 0 Å². The van der Waals surface area contributed by atoms with Crippen LogP contribution in [-0.2, 0) is 4.79 Å². The number of rotatable bonds is 9. The SMILES string of the molecule is COc1ccc(C(NC(=O)CNc2ccc(OC)cc2C)c2ccc(OC)cc2)cc1. The summed E-state index contributed by atoms with van der Waals surface area (Å²) in [4.78, 5) is 12.8. The van der Waals surface area contributed by atoms with Crippen LogP contribution in [0.5, 0.6) is 17.2 Å². The van der Waals surface area contributed by atoms with E-state index in [4.69, 9.17) is 14.2 Å². The second-order valence-electron chi connectivity index (χ2n) is 7.08. The number of hydrogen-bond donors (Lipinski definition) is 2. The third-order valence-corrected chi connectivity index (χ3v) is 5.08. The van der Waals surface area contributed by atoms with Gasteiger partial charge in [-0.15, -0.1) is 0 Å². The lowest BCUT2D eigenvalue weighted by atomic mass is 9.98. The van der Waals surface area contributed by atoms with E-state index in [2.05, 4.69) is 10.6 Å². The molecule has 0 aliphatic carbocycles. The lowest BCUT2D eigenvalue weighted by molar-refractivity contribution is -0.119. The Balaban J connectivity index is 1.76. The summed E-state index contributed by atoms with van der Waals surface area (Å²) in [6, 6.07) is 20.8. The van der Waals surface area contributed by atoms with Crippen LogP contribution in [-0.4, -0.2) is 33.8 Å². The van der Waals surface area contributed by atoms with Gasteiger partial charge >= 0.3 is 0 Å². The average Bonchev–Trinajstić information content (AvgIpc) is 2.82. The maximum Gasteiger partial charge on any atom is 0.240 e. The van der Waals surface area contributed by atoms with Gasteiger partial charge in [0.1, 0.15) is 17.2 Å². The molecule has 0 heterocycles. The molecule has 0 spiro atoms. The van der Waals surface area contributed by atoms with Gasteiger partial charge in [-0.3, -0.25) is 4.79 Å². The Morgan fingerprint density at radius 1 is 0.774 bits per heavy atom. The number of nitrogens with one attached hydrogen (secondary N) is 2. The Hall–Kier alpha value is -3.67. The second-order valence-corrected chi connectivity index (χ2v) is 7.08. The van der Waals surface area contributed by atoms with E-state index in [0.717, 1.165) is 39.6 Å². The number of ether oxygens (including phenoxy) is 3. The van der Waals surface area contributed by atoms with E-state index in [9.17, 15) is 4.79 Å². The molecule has 0 saturated heterocycles. The van der Waals surface area contributed by atoms with Crippen LogP contribution in [0.2, 0.25) is 0 Å². The van der Waals surface area contributed by atoms with E-state index in [-0.39, 0.29) is 18.5 Å². The van der Waals surface area contributed by atoms with Gasteiger partial charge < -0.3 is 24.8 Å². The molecule has 0 fully saturated rings. The topological polar surface area (TPSA) is 68.8 Å². The first-order valence-electron chi connectivity index (χ1n) is 10.00. The zero-order chi connectivity index (χ0) is 22.2. The van der Waals surface area contributed by atoms with Crippen LogP contribution < -0.4 is 24.8 Å². The van der Waals surface area contributed by atoms with Crippen LogP contribution in [0.15, 0.2) is 66.7 Å². The highest BCUT2D eigenvalue weighted by molar-refractivity contribution is 5.82. The Morgan fingerprint density at radius 2 is 1.26 bits per heavy atom. The zero-order valence-electron chi connectivity index (χ0n) is 18.3. The second kappa shape index (κ2) is 10.4. The molecular formula is C25H28N2O4. The van der Waals surface area contributed by atoms with Crippen LogP contribution in [0.4, 0.5) is 5.69 Å². The first-order valence-corrected chi connectivity index (χ1v) is 10.00. The number of methoxy groups -OCH3 is 3. The summed E-state index contributed by atoms with van der Waals surface area (Å²) < 4.78 is 15.8. The van der Waals surface area contributed by atoms with Crippen molar-refractivity contribution in [2.45, 2.75) is 13.0 Å². The van der Waals surface area contributed by atoms with Crippen molar-refractivity contribution in [1.82, 2.24) is 5.32 Å². The van der Waals surface area contributed by atoms with Crippen molar-refractivity contribution in [3.63, 3.8) is 0 Å². The van der Waals surface area contributed by atoms with E-state index < -0.39 is 0 Å². The molecule has 162 valence electrons. The summed E-state index contributed by atoms with van der Waals surface area (Å²) in [6.45, 7) is 2.12. The fourth-order valence-corrected chi connectivity index (χ4v) is 3.30. The predicted octanol–water partition coefficient (Wildman–Crippen LogP) is 4.34. The fraction of sp³-hybridized carbons (Fsp3) is 0.240. The monoisotopic (exact) mass is 420 g/mol. The van der Waals surface area contributed by atoms with Crippen molar-refractivity contribution in [2.24, 2.45) is 0 Å². The lowest BCUT2D eigenvalue weighted by Crippen LogP contribution is -2.34. The van der Waals surface area contributed by atoms with Gasteiger partial charge in [-0.05, 0) is 66.1 Å². The minimum atomic E-state index is -0.303. The molecule has 0 atom stereocenters. The van der Waals surface area contributed by atoms with Crippen molar-refractivity contribution in [2.75, 3.05) is 33.2 Å². The van der Waals surface area contributed by atoms with Gasteiger partial charge in [0.15, 0.2) is 0 Å². The van der Waals surface area contributed by atoms with E-state index >= 15 is 0 Å². The fourth-order valence-electron chi connectivity index (χ4n) is 3.30. The van der Waals surface area contributed by atoms with E-state index in [0.29, 0.717) is 0 Å². The average molecular weight is 421 g/mol. The normalized spacial score (nSPS) is 10.5. The van der Waals surface area contributed by atoms with Gasteiger partial charge in [-0.2, -0.15) is 0 Å². The molecule has 31 heavy (non-hydrogen) atoms.